The third-order valence-electron chi connectivity index (χ3n) is 8.37. The summed E-state index contributed by atoms with van der Waals surface area (Å²) in [6.45, 7) is 0. The van der Waals surface area contributed by atoms with E-state index in [4.69, 9.17) is 0 Å². The van der Waals surface area contributed by atoms with Crippen LogP contribution in [0.3, 0.4) is 0 Å². The van der Waals surface area contributed by atoms with Gasteiger partial charge in [-0.15, -0.1) is 0 Å². The molecule has 0 fully saturated rings. The van der Waals surface area contributed by atoms with E-state index in [0.29, 0.717) is 0 Å². The number of rotatable bonds is 5. The lowest BCUT2D eigenvalue weighted by Crippen LogP contribution is -1.96. The van der Waals surface area contributed by atoms with Gasteiger partial charge >= 0.3 is 0 Å². The van der Waals surface area contributed by atoms with Crippen molar-refractivity contribution < 1.29 is 0 Å². The Hall–Kier alpha value is -5.66. The lowest BCUT2D eigenvalue weighted by molar-refractivity contribution is 1.18. The molecule has 7 aromatic carbocycles. The van der Waals surface area contributed by atoms with E-state index >= 15 is 0 Å². The Kier molecular flexibility index (Phi) is 6.20. The van der Waals surface area contributed by atoms with Gasteiger partial charge in [-0.1, -0.05) is 133 Å². The van der Waals surface area contributed by atoms with Crippen LogP contribution in [0.4, 0.5) is 0 Å². The van der Waals surface area contributed by atoms with E-state index in [2.05, 4.69) is 180 Å². The highest BCUT2D eigenvalue weighted by molar-refractivity contribution is 6.11. The second-order valence-electron chi connectivity index (χ2n) is 11.0. The van der Waals surface area contributed by atoms with Crippen LogP contribution in [0.2, 0.25) is 0 Å². The van der Waals surface area contributed by atoms with E-state index in [-0.39, 0.29) is 0 Å². The van der Waals surface area contributed by atoms with Crippen LogP contribution in [0.15, 0.2) is 176 Å². The smallest absolute Gasteiger partial charge is 0.0541 e. The lowest BCUT2D eigenvalue weighted by Gasteiger charge is -2.14. The number of benzene rings is 7. The van der Waals surface area contributed by atoms with Gasteiger partial charge < -0.3 is 4.57 Å². The maximum atomic E-state index is 2.44. The molecule has 0 radical (unpaired) electrons. The van der Waals surface area contributed by atoms with Gasteiger partial charge in [-0.25, -0.2) is 0 Å². The zero-order chi connectivity index (χ0) is 28.6. The van der Waals surface area contributed by atoms with Crippen LogP contribution in [0.5, 0.6) is 0 Å². The van der Waals surface area contributed by atoms with Crippen molar-refractivity contribution in [1.29, 1.82) is 0 Å². The van der Waals surface area contributed by atoms with Crippen molar-refractivity contribution in [3.63, 3.8) is 0 Å². The van der Waals surface area contributed by atoms with Gasteiger partial charge in [0, 0.05) is 16.5 Å². The van der Waals surface area contributed by atoms with Crippen molar-refractivity contribution in [2.24, 2.45) is 0 Å². The Morgan fingerprint density at radius 3 is 0.977 bits per heavy atom. The number of nitrogens with zero attached hydrogens (tertiary/aromatic N) is 1. The molecule has 0 aliphatic heterocycles. The maximum Gasteiger partial charge on any atom is 0.0541 e. The van der Waals surface area contributed by atoms with Crippen LogP contribution < -0.4 is 0 Å². The molecule has 202 valence electrons. The zero-order valence-electron chi connectivity index (χ0n) is 23.7. The molecule has 1 aromatic heterocycles. The molecule has 0 bridgehead atoms. The summed E-state index contributed by atoms with van der Waals surface area (Å²) in [4.78, 5) is 0. The van der Waals surface area contributed by atoms with E-state index in [1.165, 1.54) is 66.3 Å². The first-order chi connectivity index (χ1) is 21.3. The summed E-state index contributed by atoms with van der Waals surface area (Å²) in [5, 5.41) is 2.50. The van der Waals surface area contributed by atoms with Crippen molar-refractivity contribution in [1.82, 2.24) is 4.57 Å². The molecule has 1 heteroatoms. The summed E-state index contributed by atoms with van der Waals surface area (Å²) in [5.41, 5.74) is 13.3. The van der Waals surface area contributed by atoms with Crippen LogP contribution >= 0.6 is 0 Å². The van der Waals surface area contributed by atoms with E-state index in [1.54, 1.807) is 0 Å². The van der Waals surface area contributed by atoms with E-state index < -0.39 is 0 Å². The standard InChI is InChI=1S/C42H29N/c1-5-13-30(14-6-1)34-21-23-41-39(28-34)40-29-35(31-15-7-2-8-16-31)22-24-42(40)43(41)38-26-36(32-17-9-3-10-18-32)25-37(27-38)33-19-11-4-12-20-33/h1-29H. The Bertz CT molecular complexity index is 2040. The molecule has 0 atom stereocenters. The fraction of sp³-hybridized carbons (Fsp3) is 0. The molecule has 0 spiro atoms. The molecule has 1 heterocycles. The minimum Gasteiger partial charge on any atom is -0.309 e. The summed E-state index contributed by atoms with van der Waals surface area (Å²) >= 11 is 0. The van der Waals surface area contributed by atoms with E-state index in [9.17, 15) is 0 Å². The van der Waals surface area contributed by atoms with Crippen molar-refractivity contribution in [2.75, 3.05) is 0 Å². The van der Waals surface area contributed by atoms with Gasteiger partial charge in [0.15, 0.2) is 0 Å². The lowest BCUT2D eigenvalue weighted by atomic mass is 9.98. The second-order valence-corrected chi connectivity index (χ2v) is 11.0. The van der Waals surface area contributed by atoms with Gasteiger partial charge in [0.05, 0.1) is 11.0 Å². The average molecular weight is 548 g/mol. The Labute approximate surface area is 251 Å². The normalized spacial score (nSPS) is 11.3. The highest BCUT2D eigenvalue weighted by Crippen LogP contribution is 2.39. The van der Waals surface area contributed by atoms with Crippen LogP contribution in [-0.4, -0.2) is 4.57 Å². The predicted octanol–water partition coefficient (Wildman–Crippen LogP) is 11.5. The fourth-order valence-corrected chi connectivity index (χ4v) is 6.26. The maximum absolute atomic E-state index is 2.44. The molecule has 0 N–H and O–H groups in total. The fourth-order valence-electron chi connectivity index (χ4n) is 6.26. The predicted molar refractivity (Wildman–Crippen MR) is 183 cm³/mol. The molecule has 0 amide bonds. The van der Waals surface area contributed by atoms with Crippen LogP contribution in [-0.2, 0) is 0 Å². The summed E-state index contributed by atoms with van der Waals surface area (Å²) in [7, 11) is 0. The summed E-state index contributed by atoms with van der Waals surface area (Å²) < 4.78 is 2.44. The third kappa shape index (κ3) is 4.62. The minimum atomic E-state index is 1.15. The first-order valence-electron chi connectivity index (χ1n) is 14.8. The average Bonchev–Trinajstić information content (AvgIpc) is 3.42. The Morgan fingerprint density at radius 1 is 0.256 bits per heavy atom. The Balaban J connectivity index is 1.42. The van der Waals surface area contributed by atoms with Crippen molar-refractivity contribution in [3.05, 3.63) is 176 Å². The minimum absolute atomic E-state index is 1.15. The van der Waals surface area contributed by atoms with Crippen molar-refractivity contribution in [3.8, 4) is 50.2 Å². The van der Waals surface area contributed by atoms with Gasteiger partial charge in [-0.2, -0.15) is 0 Å². The number of aromatic nitrogens is 1. The molecule has 0 saturated carbocycles. The molecule has 0 unspecified atom stereocenters. The van der Waals surface area contributed by atoms with Crippen LogP contribution in [0, 0.1) is 0 Å². The monoisotopic (exact) mass is 547 g/mol. The largest absolute Gasteiger partial charge is 0.309 e. The van der Waals surface area contributed by atoms with Gasteiger partial charge in [0.1, 0.15) is 0 Å². The number of fused-ring (bicyclic) bond motifs is 3. The topological polar surface area (TPSA) is 4.93 Å². The van der Waals surface area contributed by atoms with Gasteiger partial charge in [-0.05, 0) is 87.0 Å². The van der Waals surface area contributed by atoms with Crippen LogP contribution in [0.1, 0.15) is 0 Å². The molecular weight excluding hydrogens is 518 g/mol. The third-order valence-corrected chi connectivity index (χ3v) is 8.37. The molecule has 43 heavy (non-hydrogen) atoms. The quantitative estimate of drug-likeness (QED) is 0.202. The summed E-state index contributed by atoms with van der Waals surface area (Å²) in [6, 6.07) is 63.5. The van der Waals surface area contributed by atoms with Crippen molar-refractivity contribution >= 4 is 21.8 Å². The molecule has 8 rings (SSSR count). The highest BCUT2D eigenvalue weighted by atomic mass is 15.0. The SMILES string of the molecule is c1ccc(-c2cc(-c3ccccc3)cc(-n3c4ccc(-c5ccccc5)cc4c4cc(-c5ccccc5)ccc43)c2)cc1. The zero-order valence-corrected chi connectivity index (χ0v) is 23.7. The molecule has 0 aliphatic carbocycles. The summed E-state index contributed by atoms with van der Waals surface area (Å²) in [6.07, 6.45) is 0. The van der Waals surface area contributed by atoms with Gasteiger partial charge in [-0.3, -0.25) is 0 Å². The first-order valence-corrected chi connectivity index (χ1v) is 14.8. The molecule has 1 nitrogen and oxygen atoms in total. The van der Waals surface area contributed by atoms with Crippen LogP contribution in [0.25, 0.3) is 72.0 Å². The second kappa shape index (κ2) is 10.6. The van der Waals surface area contributed by atoms with E-state index in [1.807, 2.05) is 0 Å². The molecule has 0 aliphatic rings. The van der Waals surface area contributed by atoms with Gasteiger partial charge in [0.25, 0.3) is 0 Å². The number of hydrogen-bond acceptors (Lipinski definition) is 0. The van der Waals surface area contributed by atoms with Gasteiger partial charge in [0.2, 0.25) is 0 Å². The summed E-state index contributed by atoms with van der Waals surface area (Å²) in [5.74, 6) is 0. The highest BCUT2D eigenvalue weighted by Gasteiger charge is 2.16. The van der Waals surface area contributed by atoms with Crippen molar-refractivity contribution in [2.45, 2.75) is 0 Å². The molecule has 0 saturated heterocycles. The Morgan fingerprint density at radius 2 is 0.605 bits per heavy atom. The molecular formula is C42H29N. The number of hydrogen-bond donors (Lipinski definition) is 0. The first kappa shape index (κ1) is 25.1. The molecule has 8 aromatic rings. The van der Waals surface area contributed by atoms with E-state index in [0.717, 1.165) is 5.69 Å².